The molecule has 0 amide bonds. The van der Waals surface area contributed by atoms with Gasteiger partial charge in [0.2, 0.25) is 0 Å². The zero-order valence-electron chi connectivity index (χ0n) is 11.8. The lowest BCUT2D eigenvalue weighted by atomic mass is 9.79. The Labute approximate surface area is 118 Å². The van der Waals surface area contributed by atoms with Crippen molar-refractivity contribution in [2.45, 2.75) is 43.8 Å². The molecule has 5 heteroatoms. The maximum atomic E-state index is 11.7. The molecule has 3 nitrogen and oxygen atoms in total. The van der Waals surface area contributed by atoms with Gasteiger partial charge in [-0.15, -0.1) is 0 Å². The molecule has 1 aliphatic rings. The summed E-state index contributed by atoms with van der Waals surface area (Å²) in [7, 11) is -0.424. The van der Waals surface area contributed by atoms with Crippen LogP contribution in [0.3, 0.4) is 0 Å². The van der Waals surface area contributed by atoms with Crippen molar-refractivity contribution in [3.63, 3.8) is 0 Å². The van der Waals surface area contributed by atoms with E-state index in [4.69, 9.17) is 9.31 Å². The molecule has 1 unspecified atom stereocenters. The van der Waals surface area contributed by atoms with Gasteiger partial charge >= 0.3 is 7.12 Å². The lowest BCUT2D eigenvalue weighted by molar-refractivity contribution is 0.00578. The summed E-state index contributed by atoms with van der Waals surface area (Å²) in [6, 6.07) is 7.44. The zero-order valence-corrected chi connectivity index (χ0v) is 12.6. The fraction of sp³-hybridized carbons (Fsp3) is 0.429. The molecule has 1 atom stereocenters. The Morgan fingerprint density at radius 3 is 2.32 bits per heavy atom. The molecule has 0 saturated carbocycles. The highest BCUT2D eigenvalue weighted by Gasteiger charge is 2.51. The predicted octanol–water partition coefficient (Wildman–Crippen LogP) is 2.24. The summed E-state index contributed by atoms with van der Waals surface area (Å²) in [6.07, 6.45) is 0. The number of rotatable bonds is 3. The van der Waals surface area contributed by atoms with Crippen LogP contribution in [0, 0.1) is 0 Å². The molecule has 0 bridgehead atoms. The SMILES string of the molecule is C=C[S+]([O-])c1cccc(B2OC(C)(C)C(C)(C)O2)c1. The fourth-order valence-corrected chi connectivity index (χ4v) is 2.52. The number of hydrogen-bond acceptors (Lipinski definition) is 3. The maximum Gasteiger partial charge on any atom is 0.495 e. The van der Waals surface area contributed by atoms with E-state index in [2.05, 4.69) is 6.58 Å². The van der Waals surface area contributed by atoms with E-state index < -0.39 is 18.3 Å². The molecular weight excluding hydrogens is 259 g/mol. The molecule has 0 spiro atoms. The third-order valence-corrected chi connectivity index (χ3v) is 4.79. The summed E-state index contributed by atoms with van der Waals surface area (Å²) in [4.78, 5) is 0.710. The van der Waals surface area contributed by atoms with E-state index in [0.29, 0.717) is 4.90 Å². The second-order valence-corrected chi connectivity index (χ2v) is 7.02. The minimum absolute atomic E-state index is 0.370. The number of hydrogen-bond donors (Lipinski definition) is 0. The normalized spacial score (nSPS) is 22.3. The lowest BCUT2D eigenvalue weighted by Crippen LogP contribution is -2.41. The monoisotopic (exact) mass is 278 g/mol. The molecule has 1 aromatic rings. The summed E-state index contributed by atoms with van der Waals surface area (Å²) >= 11 is -1.19. The molecule has 1 saturated heterocycles. The highest BCUT2D eigenvalue weighted by atomic mass is 32.2. The van der Waals surface area contributed by atoms with E-state index in [9.17, 15) is 4.55 Å². The van der Waals surface area contributed by atoms with Crippen LogP contribution in [0.25, 0.3) is 0 Å². The Kier molecular flexibility index (Phi) is 3.84. The van der Waals surface area contributed by atoms with Crippen LogP contribution in [0.15, 0.2) is 41.1 Å². The van der Waals surface area contributed by atoms with Gasteiger partial charge in [0.25, 0.3) is 0 Å². The van der Waals surface area contributed by atoms with Gasteiger partial charge in [-0.2, -0.15) is 0 Å². The Morgan fingerprint density at radius 1 is 1.21 bits per heavy atom. The maximum absolute atomic E-state index is 11.7. The van der Waals surface area contributed by atoms with Crippen molar-refractivity contribution in [1.29, 1.82) is 0 Å². The van der Waals surface area contributed by atoms with Gasteiger partial charge in [0, 0.05) is 11.2 Å². The molecule has 19 heavy (non-hydrogen) atoms. The molecule has 0 radical (unpaired) electrons. The van der Waals surface area contributed by atoms with Crippen LogP contribution >= 0.6 is 0 Å². The van der Waals surface area contributed by atoms with Crippen LogP contribution in [0.4, 0.5) is 0 Å². The van der Waals surface area contributed by atoms with Gasteiger partial charge in [-0.1, -0.05) is 18.7 Å². The molecule has 102 valence electrons. The highest BCUT2D eigenvalue weighted by molar-refractivity contribution is 7.94. The Hall–Kier alpha value is -0.745. The molecular formula is C14H19BO3S. The van der Waals surface area contributed by atoms with Gasteiger partial charge < -0.3 is 13.9 Å². The third-order valence-electron chi connectivity index (χ3n) is 3.77. The third kappa shape index (κ3) is 2.74. The largest absolute Gasteiger partial charge is 0.607 e. The summed E-state index contributed by atoms with van der Waals surface area (Å²) in [5, 5.41) is 1.42. The van der Waals surface area contributed by atoms with Gasteiger partial charge in [0.15, 0.2) is 4.90 Å². The average Bonchev–Trinajstić information content (AvgIpc) is 2.58. The summed E-state index contributed by atoms with van der Waals surface area (Å²) in [5.41, 5.74) is 0.141. The molecule has 1 aromatic carbocycles. The summed E-state index contributed by atoms with van der Waals surface area (Å²) < 4.78 is 23.7. The van der Waals surface area contributed by atoms with E-state index in [1.807, 2.05) is 52.0 Å². The first kappa shape index (κ1) is 14.7. The molecule has 1 heterocycles. The van der Waals surface area contributed by atoms with Gasteiger partial charge in [-0.3, -0.25) is 0 Å². The Balaban J connectivity index is 2.27. The Bertz CT molecular complexity index is 471. The van der Waals surface area contributed by atoms with Crippen LogP contribution in [-0.4, -0.2) is 22.9 Å². The first-order valence-electron chi connectivity index (χ1n) is 6.25. The second kappa shape index (κ2) is 4.98. The smallest absolute Gasteiger partial charge is 0.495 e. The van der Waals surface area contributed by atoms with Crippen LogP contribution in [0.1, 0.15) is 27.7 Å². The lowest BCUT2D eigenvalue weighted by Gasteiger charge is -2.32. The van der Waals surface area contributed by atoms with Crippen LogP contribution in [0.5, 0.6) is 0 Å². The predicted molar refractivity (Wildman–Crippen MR) is 78.8 cm³/mol. The molecule has 0 aromatic heterocycles. The molecule has 1 aliphatic heterocycles. The van der Waals surface area contributed by atoms with Crippen molar-refractivity contribution in [3.8, 4) is 0 Å². The molecule has 1 fully saturated rings. The van der Waals surface area contributed by atoms with Crippen LogP contribution < -0.4 is 5.46 Å². The van der Waals surface area contributed by atoms with Crippen molar-refractivity contribution in [1.82, 2.24) is 0 Å². The van der Waals surface area contributed by atoms with E-state index >= 15 is 0 Å². The topological polar surface area (TPSA) is 41.5 Å². The zero-order chi connectivity index (χ0) is 14.3. The fourth-order valence-electron chi connectivity index (χ4n) is 1.86. The van der Waals surface area contributed by atoms with E-state index in [0.717, 1.165) is 5.46 Å². The first-order valence-corrected chi connectivity index (χ1v) is 7.47. The summed E-state index contributed by atoms with van der Waals surface area (Å²) in [5.74, 6) is 0. The van der Waals surface area contributed by atoms with Gasteiger partial charge in [0.1, 0.15) is 5.41 Å². The molecule has 0 aliphatic carbocycles. The van der Waals surface area contributed by atoms with Crippen LogP contribution in [-0.2, 0) is 20.5 Å². The standard InChI is InChI=1S/C14H19BO3S/c1-6-19(16)12-9-7-8-11(10-12)15-17-13(2,3)14(4,5)18-15/h6-10H,1H2,2-5H3. The van der Waals surface area contributed by atoms with Crippen LogP contribution in [0.2, 0.25) is 0 Å². The van der Waals surface area contributed by atoms with Gasteiger partial charge in [0.05, 0.1) is 11.2 Å². The molecule has 0 N–H and O–H groups in total. The minimum Gasteiger partial charge on any atom is -0.607 e. The quantitative estimate of drug-likeness (QED) is 0.629. The minimum atomic E-state index is -1.19. The number of benzene rings is 1. The van der Waals surface area contributed by atoms with E-state index in [1.54, 1.807) is 0 Å². The first-order chi connectivity index (χ1) is 8.77. The average molecular weight is 278 g/mol. The van der Waals surface area contributed by atoms with Crippen molar-refractivity contribution in [2.75, 3.05) is 0 Å². The van der Waals surface area contributed by atoms with Crippen molar-refractivity contribution in [3.05, 3.63) is 36.3 Å². The second-order valence-electron chi connectivity index (χ2n) is 5.62. The highest BCUT2D eigenvalue weighted by Crippen LogP contribution is 2.36. The molecule has 2 rings (SSSR count). The van der Waals surface area contributed by atoms with E-state index in [-0.39, 0.29) is 11.2 Å². The van der Waals surface area contributed by atoms with Crippen molar-refractivity contribution in [2.24, 2.45) is 0 Å². The van der Waals surface area contributed by atoms with Crippen molar-refractivity contribution >= 4 is 23.8 Å². The summed E-state index contributed by atoms with van der Waals surface area (Å²) in [6.45, 7) is 11.6. The van der Waals surface area contributed by atoms with Gasteiger partial charge in [-0.05, 0) is 45.3 Å². The van der Waals surface area contributed by atoms with Gasteiger partial charge in [-0.25, -0.2) is 0 Å². The van der Waals surface area contributed by atoms with Crippen molar-refractivity contribution < 1.29 is 13.9 Å². The Morgan fingerprint density at radius 2 is 1.79 bits per heavy atom. The van der Waals surface area contributed by atoms with E-state index in [1.165, 1.54) is 5.41 Å².